The molecule has 0 aliphatic heterocycles. The van der Waals surface area contributed by atoms with E-state index in [1.54, 1.807) is 18.3 Å². The van der Waals surface area contributed by atoms with E-state index in [4.69, 9.17) is 0 Å². The van der Waals surface area contributed by atoms with Crippen LogP contribution >= 0.6 is 0 Å². The van der Waals surface area contributed by atoms with E-state index in [0.29, 0.717) is 17.0 Å². The van der Waals surface area contributed by atoms with Gasteiger partial charge in [0.25, 0.3) is 0 Å². The molecule has 118 valence electrons. The maximum absolute atomic E-state index is 12.1. The Morgan fingerprint density at radius 2 is 1.48 bits per heavy atom. The van der Waals surface area contributed by atoms with Crippen LogP contribution in [-0.4, -0.2) is 11.6 Å². The zero-order valence-corrected chi connectivity index (χ0v) is 13.7. The van der Waals surface area contributed by atoms with E-state index in [-0.39, 0.29) is 11.6 Å². The second kappa shape index (κ2) is 7.54. The number of carbonyl (C=O) groups is 2. The molecule has 0 bridgehead atoms. The number of anilines is 1. The van der Waals surface area contributed by atoms with Gasteiger partial charge in [0.15, 0.2) is 11.6 Å². The minimum Gasteiger partial charge on any atom is -0.362 e. The highest BCUT2D eigenvalue weighted by Crippen LogP contribution is 2.15. The molecule has 0 fully saturated rings. The quantitative estimate of drug-likeness (QED) is 0.614. The average molecular weight is 307 g/mol. The van der Waals surface area contributed by atoms with E-state index >= 15 is 0 Å². The van der Waals surface area contributed by atoms with Crippen LogP contribution in [0.5, 0.6) is 0 Å². The van der Waals surface area contributed by atoms with Gasteiger partial charge in [-0.3, -0.25) is 9.59 Å². The van der Waals surface area contributed by atoms with Crippen molar-refractivity contribution in [2.75, 3.05) is 5.32 Å². The Morgan fingerprint density at radius 1 is 0.913 bits per heavy atom. The van der Waals surface area contributed by atoms with E-state index in [9.17, 15) is 9.59 Å². The number of benzene rings is 2. The van der Waals surface area contributed by atoms with Crippen molar-refractivity contribution < 1.29 is 9.59 Å². The summed E-state index contributed by atoms with van der Waals surface area (Å²) in [5, 5.41) is 3.03. The molecule has 0 radical (unpaired) electrons. The number of hydrogen-bond acceptors (Lipinski definition) is 3. The molecule has 0 unspecified atom stereocenters. The lowest BCUT2D eigenvalue weighted by Crippen LogP contribution is -1.98. The largest absolute Gasteiger partial charge is 0.362 e. The summed E-state index contributed by atoms with van der Waals surface area (Å²) in [6.45, 7) is 5.78. The lowest BCUT2D eigenvalue weighted by Gasteiger charge is -2.05. The molecule has 0 spiro atoms. The fraction of sp³-hybridized carbons (Fsp3) is 0.200. The van der Waals surface area contributed by atoms with Crippen LogP contribution in [-0.2, 0) is 0 Å². The summed E-state index contributed by atoms with van der Waals surface area (Å²) in [6, 6.07) is 14.8. The molecule has 3 heteroatoms. The summed E-state index contributed by atoms with van der Waals surface area (Å²) < 4.78 is 0. The molecule has 2 aromatic rings. The second-order valence-electron chi connectivity index (χ2n) is 5.75. The van der Waals surface area contributed by atoms with E-state index in [1.807, 2.05) is 36.4 Å². The Balaban J connectivity index is 1.96. The molecule has 0 atom stereocenters. The molecule has 0 aromatic heterocycles. The molecule has 0 heterocycles. The molecule has 0 saturated heterocycles. The normalized spacial score (nSPS) is 11.0. The molecule has 0 amide bonds. The molecule has 1 N–H and O–H groups in total. The van der Waals surface area contributed by atoms with Gasteiger partial charge in [-0.15, -0.1) is 0 Å². The van der Waals surface area contributed by atoms with Crippen LogP contribution in [0.3, 0.4) is 0 Å². The number of ketones is 2. The molecule has 2 aromatic carbocycles. The van der Waals surface area contributed by atoms with Gasteiger partial charge in [-0.05, 0) is 42.7 Å². The van der Waals surface area contributed by atoms with Crippen molar-refractivity contribution in [1.29, 1.82) is 0 Å². The topological polar surface area (TPSA) is 46.2 Å². The first-order valence-electron chi connectivity index (χ1n) is 7.66. The zero-order valence-electron chi connectivity index (χ0n) is 13.7. The van der Waals surface area contributed by atoms with Crippen molar-refractivity contribution in [3.63, 3.8) is 0 Å². The predicted octanol–water partition coefficient (Wildman–Crippen LogP) is 4.82. The number of nitrogens with one attached hydrogen (secondary N) is 1. The van der Waals surface area contributed by atoms with E-state index in [0.717, 1.165) is 5.69 Å². The van der Waals surface area contributed by atoms with Crippen molar-refractivity contribution in [3.05, 3.63) is 77.5 Å². The Labute approximate surface area is 137 Å². The van der Waals surface area contributed by atoms with Crippen molar-refractivity contribution in [2.24, 2.45) is 0 Å². The van der Waals surface area contributed by atoms with Crippen LogP contribution in [0.1, 0.15) is 53.0 Å². The van der Waals surface area contributed by atoms with E-state index in [2.05, 4.69) is 19.2 Å². The van der Waals surface area contributed by atoms with E-state index in [1.165, 1.54) is 18.6 Å². The first-order chi connectivity index (χ1) is 11.0. The fourth-order valence-electron chi connectivity index (χ4n) is 2.14. The van der Waals surface area contributed by atoms with Crippen LogP contribution < -0.4 is 5.32 Å². The zero-order chi connectivity index (χ0) is 16.8. The highest BCUT2D eigenvalue weighted by atomic mass is 16.1. The first kappa shape index (κ1) is 16.7. The van der Waals surface area contributed by atoms with Crippen LogP contribution in [0, 0.1) is 0 Å². The Morgan fingerprint density at radius 3 is 2.00 bits per heavy atom. The monoisotopic (exact) mass is 307 g/mol. The van der Waals surface area contributed by atoms with Gasteiger partial charge in [-0.1, -0.05) is 38.1 Å². The third kappa shape index (κ3) is 4.65. The summed E-state index contributed by atoms with van der Waals surface area (Å²) in [7, 11) is 0. The van der Waals surface area contributed by atoms with Gasteiger partial charge in [-0.25, -0.2) is 0 Å². The van der Waals surface area contributed by atoms with Crippen molar-refractivity contribution >= 4 is 17.3 Å². The van der Waals surface area contributed by atoms with Gasteiger partial charge in [-0.2, -0.15) is 0 Å². The number of hydrogen-bond donors (Lipinski definition) is 1. The third-order valence-electron chi connectivity index (χ3n) is 3.64. The molecule has 0 saturated carbocycles. The molecule has 3 nitrogen and oxygen atoms in total. The molecular weight excluding hydrogens is 286 g/mol. The van der Waals surface area contributed by atoms with Gasteiger partial charge in [0.05, 0.1) is 0 Å². The third-order valence-corrected chi connectivity index (χ3v) is 3.64. The van der Waals surface area contributed by atoms with Crippen LogP contribution in [0.25, 0.3) is 0 Å². The van der Waals surface area contributed by atoms with Gasteiger partial charge >= 0.3 is 0 Å². The van der Waals surface area contributed by atoms with Crippen molar-refractivity contribution in [1.82, 2.24) is 0 Å². The summed E-state index contributed by atoms with van der Waals surface area (Å²) in [5.41, 5.74) is 3.38. The fourth-order valence-corrected chi connectivity index (χ4v) is 2.14. The van der Waals surface area contributed by atoms with Gasteiger partial charge < -0.3 is 5.32 Å². The number of carbonyl (C=O) groups excluding carboxylic acids is 2. The molecule has 2 rings (SSSR count). The lowest BCUT2D eigenvalue weighted by atomic mass is 10.0. The van der Waals surface area contributed by atoms with Crippen LogP contribution in [0.4, 0.5) is 5.69 Å². The Bertz CT molecular complexity index is 710. The minimum absolute atomic E-state index is 0.0344. The average Bonchev–Trinajstić information content (AvgIpc) is 2.55. The van der Waals surface area contributed by atoms with E-state index < -0.39 is 0 Å². The molecule has 23 heavy (non-hydrogen) atoms. The maximum Gasteiger partial charge on any atom is 0.187 e. The SMILES string of the molecule is CC(=O)c1ccc(N/C=C/C(=O)c2ccc(C(C)C)cc2)cc1. The van der Waals surface area contributed by atoms with Crippen molar-refractivity contribution in [2.45, 2.75) is 26.7 Å². The molecule has 0 aliphatic rings. The number of Topliss-reactive ketones (excluding diaryl/α,β-unsaturated/α-hetero) is 1. The second-order valence-corrected chi connectivity index (χ2v) is 5.75. The van der Waals surface area contributed by atoms with Crippen LogP contribution in [0.2, 0.25) is 0 Å². The summed E-state index contributed by atoms with van der Waals surface area (Å²) in [6.07, 6.45) is 3.12. The van der Waals surface area contributed by atoms with Gasteiger partial charge in [0.2, 0.25) is 0 Å². The first-order valence-corrected chi connectivity index (χ1v) is 7.66. The smallest absolute Gasteiger partial charge is 0.187 e. The summed E-state index contributed by atoms with van der Waals surface area (Å²) in [4.78, 5) is 23.3. The number of rotatable bonds is 6. The molecular formula is C20H21NO2. The maximum atomic E-state index is 12.1. The Hall–Kier alpha value is -2.68. The highest BCUT2D eigenvalue weighted by Gasteiger charge is 2.03. The lowest BCUT2D eigenvalue weighted by molar-refractivity contribution is 0.101. The van der Waals surface area contributed by atoms with Gasteiger partial charge in [0, 0.05) is 29.1 Å². The predicted molar refractivity (Wildman–Crippen MR) is 94.1 cm³/mol. The number of allylic oxidation sites excluding steroid dienone is 1. The standard InChI is InChI=1S/C20H21NO2/c1-14(2)16-4-6-18(7-5-16)20(23)12-13-21-19-10-8-17(9-11-19)15(3)22/h4-14,21H,1-3H3/b13-12+. The minimum atomic E-state index is -0.0480. The van der Waals surface area contributed by atoms with Gasteiger partial charge in [0.1, 0.15) is 0 Å². The summed E-state index contributed by atoms with van der Waals surface area (Å²) in [5.74, 6) is 0.439. The van der Waals surface area contributed by atoms with Crippen LogP contribution in [0.15, 0.2) is 60.8 Å². The Kier molecular flexibility index (Phi) is 5.47. The molecule has 0 aliphatic carbocycles. The highest BCUT2D eigenvalue weighted by molar-refractivity contribution is 6.04. The summed E-state index contributed by atoms with van der Waals surface area (Å²) >= 11 is 0. The van der Waals surface area contributed by atoms with Crippen molar-refractivity contribution in [3.8, 4) is 0 Å².